The number of piperidine rings is 1. The van der Waals surface area contributed by atoms with Crippen molar-refractivity contribution in [3.8, 4) is 0 Å². The van der Waals surface area contributed by atoms with Crippen LogP contribution in [0.1, 0.15) is 35.6 Å². The van der Waals surface area contributed by atoms with Crippen LogP contribution in [0.15, 0.2) is 53.4 Å². The van der Waals surface area contributed by atoms with Crippen molar-refractivity contribution < 1.29 is 23.1 Å². The molecule has 0 saturated carbocycles. The number of alkyl halides is 3. The molecule has 0 aliphatic carbocycles. The second-order valence-corrected chi connectivity index (χ2v) is 7.79. The Hall–Kier alpha value is -1.99. The van der Waals surface area contributed by atoms with Crippen LogP contribution in [0, 0.1) is 5.92 Å². The first-order chi connectivity index (χ1) is 13.3. The molecule has 2 aromatic carbocycles. The zero-order valence-electron chi connectivity index (χ0n) is 15.4. The van der Waals surface area contributed by atoms with Crippen LogP contribution in [0.5, 0.6) is 0 Å². The molecule has 0 spiro atoms. The predicted molar refractivity (Wildman–Crippen MR) is 103 cm³/mol. The molecule has 1 fully saturated rings. The number of likely N-dealkylation sites (tertiary alicyclic amines) is 1. The van der Waals surface area contributed by atoms with E-state index in [2.05, 4.69) is 0 Å². The molecule has 3 nitrogen and oxygen atoms in total. The summed E-state index contributed by atoms with van der Waals surface area (Å²) < 4.78 is 41.0. The summed E-state index contributed by atoms with van der Waals surface area (Å²) in [6.45, 7) is 0.885. The van der Waals surface area contributed by atoms with Crippen LogP contribution in [0.2, 0.25) is 0 Å². The van der Waals surface area contributed by atoms with E-state index in [9.17, 15) is 23.1 Å². The number of rotatable bonds is 5. The first-order valence-corrected chi connectivity index (χ1v) is 10.3. The Labute approximate surface area is 166 Å². The zero-order valence-corrected chi connectivity index (χ0v) is 16.3. The van der Waals surface area contributed by atoms with Crippen LogP contribution in [0.3, 0.4) is 0 Å². The molecule has 3 rings (SSSR count). The summed E-state index contributed by atoms with van der Waals surface area (Å²) in [6, 6.07) is 12.7. The summed E-state index contributed by atoms with van der Waals surface area (Å²) in [6.07, 6.45) is -1.64. The second kappa shape index (κ2) is 8.57. The number of carboxylic acid groups (broad SMARTS) is 1. The van der Waals surface area contributed by atoms with Gasteiger partial charge in [-0.3, -0.25) is 9.69 Å². The van der Waals surface area contributed by atoms with Gasteiger partial charge in [-0.2, -0.15) is 13.2 Å². The fourth-order valence-corrected chi connectivity index (χ4v) is 4.18. The van der Waals surface area contributed by atoms with Crippen LogP contribution in [0.4, 0.5) is 13.2 Å². The van der Waals surface area contributed by atoms with Gasteiger partial charge in [-0.05, 0) is 61.5 Å². The number of carboxylic acids is 1. The highest BCUT2D eigenvalue weighted by Gasteiger charge is 2.38. The van der Waals surface area contributed by atoms with Crippen molar-refractivity contribution in [1.82, 2.24) is 4.90 Å². The third kappa shape index (κ3) is 4.52. The number of aliphatic carboxylic acids is 1. The summed E-state index contributed by atoms with van der Waals surface area (Å²) >= 11 is 1.57. The molecule has 1 aliphatic rings. The van der Waals surface area contributed by atoms with Crippen LogP contribution >= 0.6 is 11.8 Å². The highest BCUT2D eigenvalue weighted by molar-refractivity contribution is 7.98. The maximum absolute atomic E-state index is 13.7. The van der Waals surface area contributed by atoms with E-state index >= 15 is 0 Å². The maximum atomic E-state index is 13.7. The number of carbonyl (C=O) groups is 1. The lowest BCUT2D eigenvalue weighted by Gasteiger charge is -2.38. The lowest BCUT2D eigenvalue weighted by molar-refractivity contribution is -0.143. The molecule has 7 heteroatoms. The number of halogens is 3. The second-order valence-electron chi connectivity index (χ2n) is 6.91. The van der Waals surface area contributed by atoms with Gasteiger partial charge in [0.25, 0.3) is 0 Å². The number of hydrogen-bond acceptors (Lipinski definition) is 3. The highest BCUT2D eigenvalue weighted by Crippen LogP contribution is 2.40. The molecule has 0 amide bonds. The van der Waals surface area contributed by atoms with E-state index in [1.165, 1.54) is 12.1 Å². The van der Waals surface area contributed by atoms with Gasteiger partial charge in [0, 0.05) is 4.90 Å². The summed E-state index contributed by atoms with van der Waals surface area (Å²) in [5, 5.41) is 9.24. The Morgan fingerprint density at radius 2 is 1.71 bits per heavy atom. The van der Waals surface area contributed by atoms with Crippen molar-refractivity contribution >= 4 is 17.7 Å². The van der Waals surface area contributed by atoms with Crippen molar-refractivity contribution in [2.45, 2.75) is 30.0 Å². The lowest BCUT2D eigenvalue weighted by Crippen LogP contribution is -2.39. The minimum absolute atomic E-state index is 0.209. The Bertz CT molecular complexity index is 815. The molecule has 1 unspecified atom stereocenters. The molecule has 0 aromatic heterocycles. The van der Waals surface area contributed by atoms with E-state index in [4.69, 9.17) is 0 Å². The van der Waals surface area contributed by atoms with Gasteiger partial charge in [-0.15, -0.1) is 11.8 Å². The quantitative estimate of drug-likeness (QED) is 0.679. The van der Waals surface area contributed by atoms with Crippen LogP contribution in [-0.4, -0.2) is 35.3 Å². The average Bonchev–Trinajstić information content (AvgIpc) is 2.69. The van der Waals surface area contributed by atoms with Gasteiger partial charge in [-0.25, -0.2) is 0 Å². The summed E-state index contributed by atoms with van der Waals surface area (Å²) in [5.74, 6) is -1.27. The molecule has 1 N–H and O–H groups in total. The third-order valence-corrected chi connectivity index (χ3v) is 5.98. The van der Waals surface area contributed by atoms with Gasteiger partial charge in [-0.1, -0.05) is 30.3 Å². The minimum Gasteiger partial charge on any atom is -0.481 e. The van der Waals surface area contributed by atoms with Crippen molar-refractivity contribution in [3.05, 3.63) is 65.2 Å². The van der Waals surface area contributed by atoms with Crippen LogP contribution in [0.25, 0.3) is 0 Å². The predicted octanol–water partition coefficient (Wildman–Crippen LogP) is 5.31. The van der Waals surface area contributed by atoms with Crippen molar-refractivity contribution in [2.24, 2.45) is 5.92 Å². The summed E-state index contributed by atoms with van der Waals surface area (Å²) in [4.78, 5) is 14.3. The van der Waals surface area contributed by atoms with Crippen molar-refractivity contribution in [1.29, 1.82) is 0 Å². The fourth-order valence-electron chi connectivity index (χ4n) is 3.77. The van der Waals surface area contributed by atoms with Crippen LogP contribution in [-0.2, 0) is 11.0 Å². The minimum atomic E-state index is -4.45. The Kier molecular flexibility index (Phi) is 6.35. The SMILES string of the molecule is CSc1ccc(C(c2ccccc2C(F)(F)F)N2CCC(C(=O)O)CC2)cc1. The molecular weight excluding hydrogens is 387 g/mol. The highest BCUT2D eigenvalue weighted by atomic mass is 32.2. The topological polar surface area (TPSA) is 40.5 Å². The van der Waals surface area contributed by atoms with Crippen molar-refractivity contribution in [2.75, 3.05) is 19.3 Å². The maximum Gasteiger partial charge on any atom is 0.416 e. The molecule has 1 aliphatic heterocycles. The summed E-state index contributed by atoms with van der Waals surface area (Å²) in [7, 11) is 0. The van der Waals surface area contributed by atoms with Gasteiger partial charge in [0.05, 0.1) is 17.5 Å². The smallest absolute Gasteiger partial charge is 0.416 e. The number of nitrogens with zero attached hydrogens (tertiary/aromatic N) is 1. The number of thioether (sulfide) groups is 1. The van der Waals surface area contributed by atoms with Gasteiger partial charge in [0.1, 0.15) is 0 Å². The van der Waals surface area contributed by atoms with E-state index < -0.39 is 29.7 Å². The molecule has 0 bridgehead atoms. The Balaban J connectivity index is 2.02. The van der Waals surface area contributed by atoms with Gasteiger partial charge >= 0.3 is 12.1 Å². The largest absolute Gasteiger partial charge is 0.481 e. The molecule has 0 radical (unpaired) electrons. The molecule has 1 heterocycles. The molecule has 150 valence electrons. The third-order valence-electron chi connectivity index (χ3n) is 5.24. The van der Waals surface area contributed by atoms with Crippen molar-refractivity contribution in [3.63, 3.8) is 0 Å². The van der Waals surface area contributed by atoms with Gasteiger partial charge in [0.15, 0.2) is 0 Å². The zero-order chi connectivity index (χ0) is 20.3. The first-order valence-electron chi connectivity index (χ1n) is 9.08. The molecule has 2 aromatic rings. The van der Waals surface area contributed by atoms with Gasteiger partial charge in [0.2, 0.25) is 0 Å². The summed E-state index contributed by atoms with van der Waals surface area (Å²) in [5.41, 5.74) is 0.346. The van der Waals surface area contributed by atoms with E-state index in [0.717, 1.165) is 16.5 Å². The normalized spacial score (nSPS) is 17.4. The van der Waals surface area contributed by atoms with E-state index in [1.807, 2.05) is 35.4 Å². The number of hydrogen-bond donors (Lipinski definition) is 1. The Morgan fingerprint density at radius 3 is 2.25 bits per heavy atom. The standard InChI is InChI=1S/C21H22F3NO2S/c1-28-16-8-6-14(7-9-16)19(25-12-10-15(11-13-25)20(26)27)17-4-2-3-5-18(17)21(22,23)24/h2-9,15,19H,10-13H2,1H3,(H,26,27). The molecular formula is C21H22F3NO2S. The Morgan fingerprint density at radius 1 is 1.11 bits per heavy atom. The van der Waals surface area contributed by atoms with Gasteiger partial charge < -0.3 is 5.11 Å². The number of benzene rings is 2. The monoisotopic (exact) mass is 409 g/mol. The first kappa shape index (κ1) is 20.7. The molecule has 1 atom stereocenters. The van der Waals surface area contributed by atoms with Crippen LogP contribution < -0.4 is 0 Å². The fraction of sp³-hybridized carbons (Fsp3) is 0.381. The molecule has 1 saturated heterocycles. The van der Waals surface area contributed by atoms with E-state index in [0.29, 0.717) is 25.9 Å². The van der Waals surface area contributed by atoms with E-state index in [-0.39, 0.29) is 5.56 Å². The molecule has 28 heavy (non-hydrogen) atoms. The lowest BCUT2D eigenvalue weighted by atomic mass is 9.89. The average molecular weight is 409 g/mol. The van der Waals surface area contributed by atoms with E-state index in [1.54, 1.807) is 17.8 Å².